The van der Waals surface area contributed by atoms with Crippen LogP contribution in [0.2, 0.25) is 19.6 Å². The summed E-state index contributed by atoms with van der Waals surface area (Å²) < 4.78 is 7.30. The molecule has 0 spiro atoms. The van der Waals surface area contributed by atoms with Gasteiger partial charge in [0.2, 0.25) is 0 Å². The maximum Gasteiger partial charge on any atom is 0.282 e. The van der Waals surface area contributed by atoms with Gasteiger partial charge in [-0.05, 0) is 25.9 Å². The topological polar surface area (TPSA) is 93.7 Å². The van der Waals surface area contributed by atoms with E-state index in [1.807, 2.05) is 25.9 Å². The molecule has 0 bridgehead atoms. The van der Waals surface area contributed by atoms with Crippen LogP contribution in [0.25, 0.3) is 11.2 Å². The Morgan fingerprint density at radius 3 is 2.75 bits per heavy atom. The fourth-order valence-electron chi connectivity index (χ4n) is 2.07. The molecule has 2 aromatic heterocycles. The van der Waals surface area contributed by atoms with E-state index in [4.69, 9.17) is 4.43 Å². The van der Waals surface area contributed by atoms with Gasteiger partial charge in [0.15, 0.2) is 30.7 Å². The fraction of sp³-hybridized carbons (Fsp3) is 0.400. The standard InChI is InChI=1S/C15H19N5O2SSi/c1-6-7-20-14(21)12-13(19-15(20)23-2)17-9-10(18-12)11(8-16)22-24(3,4)5/h6,9,11H,1,7H2,2-5H3. The Bertz CT molecular complexity index is 869. The molecule has 0 aliphatic rings. The van der Waals surface area contributed by atoms with Crippen molar-refractivity contribution in [3.05, 3.63) is 34.9 Å². The number of hydrogen-bond acceptors (Lipinski definition) is 7. The predicted octanol–water partition coefficient (Wildman–Crippen LogP) is 2.51. The van der Waals surface area contributed by atoms with E-state index in [1.165, 1.54) is 22.5 Å². The van der Waals surface area contributed by atoms with Crippen molar-refractivity contribution in [2.24, 2.45) is 0 Å². The van der Waals surface area contributed by atoms with E-state index in [2.05, 4.69) is 27.6 Å². The van der Waals surface area contributed by atoms with Crippen molar-refractivity contribution in [3.63, 3.8) is 0 Å². The van der Waals surface area contributed by atoms with Crippen LogP contribution < -0.4 is 5.56 Å². The highest BCUT2D eigenvalue weighted by molar-refractivity contribution is 7.98. The van der Waals surface area contributed by atoms with E-state index in [0.717, 1.165) is 0 Å². The maximum atomic E-state index is 12.7. The molecule has 2 heterocycles. The minimum atomic E-state index is -1.95. The summed E-state index contributed by atoms with van der Waals surface area (Å²) in [7, 11) is -1.95. The first-order valence-electron chi connectivity index (χ1n) is 7.30. The first kappa shape index (κ1) is 18.3. The molecule has 9 heteroatoms. The van der Waals surface area contributed by atoms with Gasteiger partial charge in [0.05, 0.1) is 12.3 Å². The van der Waals surface area contributed by atoms with Crippen LogP contribution in [0.15, 0.2) is 28.8 Å². The highest BCUT2D eigenvalue weighted by atomic mass is 32.2. The van der Waals surface area contributed by atoms with E-state index in [-0.39, 0.29) is 16.7 Å². The summed E-state index contributed by atoms with van der Waals surface area (Å²) in [6.45, 7) is 9.93. The molecule has 0 N–H and O–H groups in total. The molecular formula is C15H19N5O2SSi. The molecule has 0 aliphatic heterocycles. The number of aromatic nitrogens is 4. The number of nitrogens with zero attached hydrogens (tertiary/aromatic N) is 5. The van der Waals surface area contributed by atoms with Gasteiger partial charge in [-0.3, -0.25) is 9.36 Å². The number of fused-ring (bicyclic) bond motifs is 1. The summed E-state index contributed by atoms with van der Waals surface area (Å²) in [5, 5.41) is 9.92. The number of rotatable bonds is 6. The highest BCUT2D eigenvalue weighted by Gasteiger charge is 2.24. The minimum Gasteiger partial charge on any atom is -0.398 e. The number of thioether (sulfide) groups is 1. The van der Waals surface area contributed by atoms with E-state index in [9.17, 15) is 10.1 Å². The van der Waals surface area contributed by atoms with Gasteiger partial charge in [-0.15, -0.1) is 6.58 Å². The van der Waals surface area contributed by atoms with Crippen LogP contribution >= 0.6 is 11.8 Å². The predicted molar refractivity (Wildman–Crippen MR) is 96.4 cm³/mol. The summed E-state index contributed by atoms with van der Waals surface area (Å²) in [4.78, 5) is 25.6. The van der Waals surface area contributed by atoms with Crippen LogP contribution in [0.1, 0.15) is 11.8 Å². The van der Waals surface area contributed by atoms with Crippen molar-refractivity contribution in [1.29, 1.82) is 5.26 Å². The van der Waals surface area contributed by atoms with Crippen LogP contribution in [0.5, 0.6) is 0 Å². The molecule has 126 valence electrons. The van der Waals surface area contributed by atoms with Crippen molar-refractivity contribution >= 4 is 31.2 Å². The van der Waals surface area contributed by atoms with Crippen LogP contribution in [-0.4, -0.2) is 34.1 Å². The number of nitriles is 1. The Balaban J connectivity index is 2.62. The van der Waals surface area contributed by atoms with Gasteiger partial charge in [0.1, 0.15) is 5.69 Å². The summed E-state index contributed by atoms with van der Waals surface area (Å²) >= 11 is 1.35. The maximum absolute atomic E-state index is 12.7. The highest BCUT2D eigenvalue weighted by Crippen LogP contribution is 2.21. The fourth-order valence-corrected chi connectivity index (χ4v) is 3.50. The molecule has 2 rings (SSSR count). The second-order valence-corrected chi connectivity index (χ2v) is 11.2. The normalized spacial score (nSPS) is 12.8. The Hall–Kier alpha value is -2.02. The third kappa shape index (κ3) is 3.90. The average Bonchev–Trinajstić information content (AvgIpc) is 2.54. The molecule has 0 saturated carbocycles. The SMILES string of the molecule is C=CCn1c(SC)nc2ncc(C(C#N)O[Si](C)(C)C)nc2c1=O. The molecule has 0 amide bonds. The molecular weight excluding hydrogens is 342 g/mol. The van der Waals surface area contributed by atoms with E-state index in [0.29, 0.717) is 17.4 Å². The van der Waals surface area contributed by atoms with Gasteiger partial charge < -0.3 is 4.43 Å². The lowest BCUT2D eigenvalue weighted by molar-refractivity contribution is 0.250. The van der Waals surface area contributed by atoms with Crippen molar-refractivity contribution in [1.82, 2.24) is 19.5 Å². The zero-order valence-corrected chi connectivity index (χ0v) is 15.9. The average molecular weight is 362 g/mol. The van der Waals surface area contributed by atoms with Gasteiger partial charge >= 0.3 is 0 Å². The molecule has 7 nitrogen and oxygen atoms in total. The van der Waals surface area contributed by atoms with E-state index in [1.54, 1.807) is 6.08 Å². The largest absolute Gasteiger partial charge is 0.398 e. The summed E-state index contributed by atoms with van der Waals surface area (Å²) in [6, 6.07) is 2.08. The van der Waals surface area contributed by atoms with Gasteiger partial charge in [-0.2, -0.15) is 5.26 Å². The molecule has 2 aromatic rings. The van der Waals surface area contributed by atoms with Crippen LogP contribution in [0.4, 0.5) is 0 Å². The van der Waals surface area contributed by atoms with Crippen molar-refractivity contribution in [3.8, 4) is 6.07 Å². The van der Waals surface area contributed by atoms with Crippen LogP contribution in [0.3, 0.4) is 0 Å². The molecule has 0 saturated heterocycles. The second-order valence-electron chi connectivity index (χ2n) is 6.01. The number of hydrogen-bond donors (Lipinski definition) is 0. The van der Waals surface area contributed by atoms with Gasteiger partial charge in [0, 0.05) is 6.54 Å². The van der Waals surface area contributed by atoms with Gasteiger partial charge in [-0.25, -0.2) is 15.0 Å². The molecule has 1 atom stereocenters. The minimum absolute atomic E-state index is 0.131. The quantitative estimate of drug-likeness (QED) is 0.338. The Morgan fingerprint density at radius 1 is 1.50 bits per heavy atom. The summed E-state index contributed by atoms with van der Waals surface area (Å²) in [5.41, 5.74) is 0.418. The molecule has 0 radical (unpaired) electrons. The molecule has 0 aliphatic carbocycles. The zero-order chi connectivity index (χ0) is 17.9. The van der Waals surface area contributed by atoms with E-state index < -0.39 is 14.4 Å². The van der Waals surface area contributed by atoms with Crippen molar-refractivity contribution < 1.29 is 4.43 Å². The molecule has 0 aromatic carbocycles. The van der Waals surface area contributed by atoms with Gasteiger partial charge in [-0.1, -0.05) is 17.8 Å². The third-order valence-corrected chi connectivity index (χ3v) is 4.62. The van der Waals surface area contributed by atoms with Crippen molar-refractivity contribution in [2.75, 3.05) is 6.26 Å². The Morgan fingerprint density at radius 2 is 2.21 bits per heavy atom. The first-order valence-corrected chi connectivity index (χ1v) is 11.9. The number of allylic oxidation sites excluding steroid dienone is 1. The van der Waals surface area contributed by atoms with E-state index >= 15 is 0 Å². The molecule has 1 unspecified atom stereocenters. The second kappa shape index (κ2) is 7.25. The lowest BCUT2D eigenvalue weighted by atomic mass is 10.3. The Labute approximate surface area is 145 Å². The summed E-state index contributed by atoms with van der Waals surface area (Å²) in [5.74, 6) is 0. The summed E-state index contributed by atoms with van der Waals surface area (Å²) in [6.07, 6.45) is 4.06. The van der Waals surface area contributed by atoms with Crippen molar-refractivity contribution in [2.45, 2.75) is 37.4 Å². The smallest absolute Gasteiger partial charge is 0.282 e. The van der Waals surface area contributed by atoms with Crippen LogP contribution in [-0.2, 0) is 11.0 Å². The molecule has 24 heavy (non-hydrogen) atoms. The molecule has 0 fully saturated rings. The monoisotopic (exact) mass is 361 g/mol. The third-order valence-electron chi connectivity index (χ3n) is 3.00. The first-order chi connectivity index (χ1) is 11.3. The Kier molecular flexibility index (Phi) is 5.53. The lowest BCUT2D eigenvalue weighted by Gasteiger charge is -2.21. The van der Waals surface area contributed by atoms with Gasteiger partial charge in [0.25, 0.3) is 5.56 Å². The zero-order valence-electron chi connectivity index (χ0n) is 14.1. The van der Waals surface area contributed by atoms with Crippen LogP contribution in [0, 0.1) is 11.3 Å². The lowest BCUT2D eigenvalue weighted by Crippen LogP contribution is -2.28.